The number of carbonyl (C=O) groups excluding carboxylic acids is 1. The largest absolute Gasteiger partial charge is 0.496 e. The van der Waals surface area contributed by atoms with E-state index in [1.54, 1.807) is 24.3 Å². The van der Waals surface area contributed by atoms with E-state index in [9.17, 15) is 23.1 Å². The Kier molecular flexibility index (Phi) is 7.19. The minimum absolute atomic E-state index is 0.153. The number of carbonyl (C=O) groups is 1. The highest BCUT2D eigenvalue weighted by molar-refractivity contribution is 5.99. The van der Waals surface area contributed by atoms with E-state index in [0.29, 0.717) is 40.0 Å². The number of amides is 1. The number of ether oxygens (including phenoxy) is 1. The van der Waals surface area contributed by atoms with E-state index in [-0.39, 0.29) is 25.1 Å². The predicted octanol–water partition coefficient (Wildman–Crippen LogP) is 4.38. The number of fused-ring (bicyclic) bond motifs is 1. The van der Waals surface area contributed by atoms with Gasteiger partial charge in [-0.3, -0.25) is 4.79 Å². The first kappa shape index (κ1) is 23.3. The first-order chi connectivity index (χ1) is 15.2. The average Bonchev–Trinajstić information content (AvgIpc) is 2.79. The lowest BCUT2D eigenvalue weighted by atomic mass is 10.1. The van der Waals surface area contributed by atoms with Crippen molar-refractivity contribution in [3.63, 3.8) is 0 Å². The summed E-state index contributed by atoms with van der Waals surface area (Å²) >= 11 is 0. The summed E-state index contributed by atoms with van der Waals surface area (Å²) in [5, 5.41) is 15.8. The number of hydrogen-bond acceptors (Lipinski definition) is 5. The minimum atomic E-state index is -4.38. The Balaban J connectivity index is 1.82. The lowest BCUT2D eigenvalue weighted by Crippen LogP contribution is -2.36. The lowest BCUT2D eigenvalue weighted by Gasteiger charge is -2.15. The van der Waals surface area contributed by atoms with Crippen molar-refractivity contribution in [2.24, 2.45) is 0 Å². The zero-order chi connectivity index (χ0) is 23.3. The van der Waals surface area contributed by atoms with Gasteiger partial charge in [0.2, 0.25) is 0 Å². The molecule has 1 unspecified atom stereocenters. The van der Waals surface area contributed by atoms with Gasteiger partial charge in [-0.05, 0) is 42.3 Å². The molecular formula is C23H24F3N3O3. The van der Waals surface area contributed by atoms with Crippen LogP contribution in [0.5, 0.6) is 5.75 Å². The smallest absolute Gasteiger partial charge is 0.416 e. The van der Waals surface area contributed by atoms with Gasteiger partial charge in [-0.15, -0.1) is 0 Å². The zero-order valence-electron chi connectivity index (χ0n) is 17.7. The number of aliphatic hydroxyl groups is 1. The molecule has 0 fully saturated rings. The van der Waals surface area contributed by atoms with Crippen LogP contribution in [0, 0.1) is 0 Å². The van der Waals surface area contributed by atoms with Gasteiger partial charge in [0, 0.05) is 23.6 Å². The molecule has 0 saturated carbocycles. The summed E-state index contributed by atoms with van der Waals surface area (Å²) in [6, 6.07) is 11.2. The number of aromatic nitrogens is 1. The SMILES string of the molecule is CCC(CO)NC(=O)c1ccc2c(OC)cc(NCc3ccc(C(F)(F)F)cc3)nc2c1. The summed E-state index contributed by atoms with van der Waals surface area (Å²) < 4.78 is 43.6. The van der Waals surface area contributed by atoms with Crippen LogP contribution in [-0.2, 0) is 12.7 Å². The number of methoxy groups -OCH3 is 1. The van der Waals surface area contributed by atoms with Gasteiger partial charge in [0.25, 0.3) is 5.91 Å². The number of benzene rings is 2. The molecule has 1 heterocycles. The number of nitrogens with zero attached hydrogens (tertiary/aromatic N) is 1. The molecule has 0 saturated heterocycles. The highest BCUT2D eigenvalue weighted by atomic mass is 19.4. The van der Waals surface area contributed by atoms with Crippen LogP contribution in [0.1, 0.15) is 34.8 Å². The van der Waals surface area contributed by atoms with E-state index >= 15 is 0 Å². The fourth-order valence-corrected chi connectivity index (χ4v) is 3.15. The maximum absolute atomic E-state index is 12.7. The summed E-state index contributed by atoms with van der Waals surface area (Å²) in [6.07, 6.45) is -3.78. The molecule has 0 radical (unpaired) electrons. The maximum atomic E-state index is 12.7. The van der Waals surface area contributed by atoms with Crippen molar-refractivity contribution in [2.75, 3.05) is 19.0 Å². The van der Waals surface area contributed by atoms with Crippen LogP contribution in [0.15, 0.2) is 48.5 Å². The Morgan fingerprint density at radius 3 is 2.47 bits per heavy atom. The molecule has 0 aliphatic heterocycles. The van der Waals surface area contributed by atoms with Crippen LogP contribution in [0.3, 0.4) is 0 Å². The summed E-state index contributed by atoms with van der Waals surface area (Å²) in [6.45, 7) is 1.97. The molecule has 32 heavy (non-hydrogen) atoms. The molecule has 1 atom stereocenters. The highest BCUT2D eigenvalue weighted by Gasteiger charge is 2.29. The molecule has 0 bridgehead atoms. The molecule has 0 aliphatic carbocycles. The highest BCUT2D eigenvalue weighted by Crippen LogP contribution is 2.30. The van der Waals surface area contributed by atoms with Crippen LogP contribution < -0.4 is 15.4 Å². The number of anilines is 1. The van der Waals surface area contributed by atoms with Gasteiger partial charge >= 0.3 is 6.18 Å². The third kappa shape index (κ3) is 5.47. The Labute approximate surface area is 183 Å². The molecular weight excluding hydrogens is 423 g/mol. The van der Waals surface area contributed by atoms with Crippen LogP contribution in [0.4, 0.5) is 19.0 Å². The van der Waals surface area contributed by atoms with Crippen molar-refractivity contribution < 1.29 is 27.8 Å². The van der Waals surface area contributed by atoms with Crippen molar-refractivity contribution in [3.8, 4) is 5.75 Å². The molecule has 0 spiro atoms. The lowest BCUT2D eigenvalue weighted by molar-refractivity contribution is -0.137. The van der Waals surface area contributed by atoms with Crippen molar-refractivity contribution in [1.29, 1.82) is 0 Å². The average molecular weight is 447 g/mol. The molecule has 3 rings (SSSR count). The summed E-state index contributed by atoms with van der Waals surface area (Å²) in [4.78, 5) is 17.0. The number of nitrogens with one attached hydrogen (secondary N) is 2. The van der Waals surface area contributed by atoms with Gasteiger partial charge < -0.3 is 20.5 Å². The maximum Gasteiger partial charge on any atom is 0.416 e. The van der Waals surface area contributed by atoms with E-state index in [2.05, 4.69) is 15.6 Å². The third-order valence-electron chi connectivity index (χ3n) is 5.06. The van der Waals surface area contributed by atoms with Crippen molar-refractivity contribution in [3.05, 3.63) is 65.2 Å². The molecule has 9 heteroatoms. The van der Waals surface area contributed by atoms with Gasteiger partial charge in [0.1, 0.15) is 11.6 Å². The van der Waals surface area contributed by atoms with E-state index in [1.165, 1.54) is 19.2 Å². The second kappa shape index (κ2) is 9.86. The van der Waals surface area contributed by atoms with E-state index in [1.807, 2.05) is 6.92 Å². The molecule has 3 N–H and O–H groups in total. The van der Waals surface area contributed by atoms with Gasteiger partial charge in [-0.2, -0.15) is 13.2 Å². The first-order valence-corrected chi connectivity index (χ1v) is 10.1. The predicted molar refractivity (Wildman–Crippen MR) is 116 cm³/mol. The second-order valence-corrected chi connectivity index (χ2v) is 7.25. The number of aliphatic hydroxyl groups excluding tert-OH is 1. The van der Waals surface area contributed by atoms with Crippen LogP contribution in [-0.4, -0.2) is 35.8 Å². The van der Waals surface area contributed by atoms with Gasteiger partial charge in [-0.25, -0.2) is 4.98 Å². The summed E-state index contributed by atoms with van der Waals surface area (Å²) in [5.41, 5.74) is 0.855. The number of rotatable bonds is 8. The van der Waals surface area contributed by atoms with Gasteiger partial charge in [0.15, 0.2) is 0 Å². The van der Waals surface area contributed by atoms with Crippen LogP contribution in [0.25, 0.3) is 10.9 Å². The van der Waals surface area contributed by atoms with Crippen molar-refractivity contribution >= 4 is 22.6 Å². The standard InChI is InChI=1S/C23H24F3N3O3/c1-3-17(13-30)28-22(31)15-6-9-18-19(10-15)29-21(11-20(18)32-2)27-12-14-4-7-16(8-5-14)23(24,25)26/h4-11,17,30H,3,12-13H2,1-2H3,(H,27,29)(H,28,31). The Morgan fingerprint density at radius 2 is 1.88 bits per heavy atom. The first-order valence-electron chi connectivity index (χ1n) is 10.1. The fourth-order valence-electron chi connectivity index (χ4n) is 3.15. The number of alkyl halides is 3. The van der Waals surface area contributed by atoms with E-state index in [0.717, 1.165) is 12.1 Å². The Bertz CT molecular complexity index is 1080. The summed E-state index contributed by atoms with van der Waals surface area (Å²) in [7, 11) is 1.52. The van der Waals surface area contributed by atoms with E-state index in [4.69, 9.17) is 4.74 Å². The van der Waals surface area contributed by atoms with Gasteiger partial charge in [0.05, 0.1) is 30.8 Å². The van der Waals surface area contributed by atoms with Crippen LogP contribution in [0.2, 0.25) is 0 Å². The molecule has 1 amide bonds. The Hall–Kier alpha value is -3.33. The van der Waals surface area contributed by atoms with Crippen molar-refractivity contribution in [1.82, 2.24) is 10.3 Å². The molecule has 6 nitrogen and oxygen atoms in total. The summed E-state index contributed by atoms with van der Waals surface area (Å²) in [5.74, 6) is 0.670. The van der Waals surface area contributed by atoms with E-state index < -0.39 is 11.7 Å². The third-order valence-corrected chi connectivity index (χ3v) is 5.06. The zero-order valence-corrected chi connectivity index (χ0v) is 17.7. The second-order valence-electron chi connectivity index (χ2n) is 7.25. The molecule has 2 aromatic carbocycles. The number of hydrogen-bond donors (Lipinski definition) is 3. The monoisotopic (exact) mass is 447 g/mol. The molecule has 170 valence electrons. The molecule has 1 aromatic heterocycles. The quantitative estimate of drug-likeness (QED) is 0.478. The number of pyridine rings is 1. The van der Waals surface area contributed by atoms with Gasteiger partial charge in [-0.1, -0.05) is 19.1 Å². The number of halogens is 3. The normalized spacial score (nSPS) is 12.4. The Morgan fingerprint density at radius 1 is 1.16 bits per heavy atom. The van der Waals surface area contributed by atoms with Crippen molar-refractivity contribution in [2.45, 2.75) is 32.1 Å². The molecule has 3 aromatic rings. The fraction of sp³-hybridized carbons (Fsp3) is 0.304. The molecule has 0 aliphatic rings. The minimum Gasteiger partial charge on any atom is -0.496 e. The van der Waals surface area contributed by atoms with Crippen LogP contribution >= 0.6 is 0 Å². The topological polar surface area (TPSA) is 83.5 Å².